The van der Waals surface area contributed by atoms with Gasteiger partial charge < -0.3 is 5.32 Å². The summed E-state index contributed by atoms with van der Waals surface area (Å²) in [4.78, 5) is 13.5. The van der Waals surface area contributed by atoms with Crippen molar-refractivity contribution in [1.82, 2.24) is 5.32 Å². The number of thioether (sulfide) groups is 1. The van der Waals surface area contributed by atoms with Crippen molar-refractivity contribution in [3.63, 3.8) is 0 Å². The molecule has 0 aliphatic heterocycles. The third-order valence-corrected chi connectivity index (χ3v) is 3.53. The zero-order valence-corrected chi connectivity index (χ0v) is 12.8. The second-order valence-electron chi connectivity index (χ2n) is 4.12. The molecule has 0 aliphatic rings. The monoisotopic (exact) mass is 315 g/mol. The van der Waals surface area contributed by atoms with Gasteiger partial charge in [-0.15, -0.1) is 11.8 Å². The fourth-order valence-corrected chi connectivity index (χ4v) is 2.56. The molecule has 1 N–H and O–H groups in total. The smallest absolute Gasteiger partial charge is 0.251 e. The minimum atomic E-state index is -0.00157. The van der Waals surface area contributed by atoms with Crippen LogP contribution in [-0.2, 0) is 0 Å². The number of alkyl halides is 1. The fourth-order valence-electron chi connectivity index (χ4n) is 1.60. The molecule has 0 aromatic heterocycles. The molecule has 0 fully saturated rings. The normalized spacial score (nSPS) is 14.1. The van der Waals surface area contributed by atoms with Crippen LogP contribution in [0.1, 0.15) is 30.6 Å². The fraction of sp³-hybridized carbons (Fsp3) is 0.462. The van der Waals surface area contributed by atoms with Gasteiger partial charge in [0.2, 0.25) is 0 Å². The minimum Gasteiger partial charge on any atom is -0.350 e. The predicted octanol–water partition coefficient (Wildman–Crippen LogP) is 3.70. The largest absolute Gasteiger partial charge is 0.350 e. The summed E-state index contributed by atoms with van der Waals surface area (Å²) in [6.07, 6.45) is 2.95. The summed E-state index contributed by atoms with van der Waals surface area (Å²) in [7, 11) is 0. The Kier molecular flexibility index (Phi) is 6.06. The molecule has 0 saturated heterocycles. The van der Waals surface area contributed by atoms with Gasteiger partial charge in [-0.3, -0.25) is 4.79 Å². The van der Waals surface area contributed by atoms with Gasteiger partial charge in [0.25, 0.3) is 5.91 Å². The molecule has 0 heterocycles. The van der Waals surface area contributed by atoms with Crippen LogP contribution < -0.4 is 5.32 Å². The highest BCUT2D eigenvalue weighted by Crippen LogP contribution is 2.15. The second kappa shape index (κ2) is 7.07. The molecule has 1 aromatic carbocycles. The highest BCUT2D eigenvalue weighted by molar-refractivity contribution is 9.09. The van der Waals surface area contributed by atoms with Crippen molar-refractivity contribution in [3.8, 4) is 0 Å². The van der Waals surface area contributed by atoms with Crippen molar-refractivity contribution >= 4 is 33.6 Å². The Morgan fingerprint density at radius 1 is 1.35 bits per heavy atom. The number of hydrogen-bond acceptors (Lipinski definition) is 2. The van der Waals surface area contributed by atoms with E-state index in [2.05, 4.69) is 28.2 Å². The average molecular weight is 316 g/mol. The zero-order chi connectivity index (χ0) is 12.8. The molecule has 1 rings (SSSR count). The van der Waals surface area contributed by atoms with Crippen molar-refractivity contribution in [2.45, 2.75) is 36.0 Å². The molecule has 2 atom stereocenters. The van der Waals surface area contributed by atoms with Gasteiger partial charge >= 0.3 is 0 Å². The maximum atomic E-state index is 11.9. The number of nitrogens with one attached hydrogen (secondary N) is 1. The van der Waals surface area contributed by atoms with E-state index in [1.54, 1.807) is 11.8 Å². The first-order chi connectivity index (χ1) is 8.02. The van der Waals surface area contributed by atoms with Crippen molar-refractivity contribution in [2.24, 2.45) is 0 Å². The van der Waals surface area contributed by atoms with Crippen LogP contribution in [0.2, 0.25) is 0 Å². The van der Waals surface area contributed by atoms with Crippen molar-refractivity contribution in [3.05, 3.63) is 29.8 Å². The Morgan fingerprint density at radius 2 is 1.94 bits per heavy atom. The lowest BCUT2D eigenvalue weighted by atomic mass is 10.1. The first kappa shape index (κ1) is 14.6. The molecule has 2 nitrogen and oxygen atoms in total. The van der Waals surface area contributed by atoms with Crippen LogP contribution in [-0.4, -0.2) is 23.0 Å². The van der Waals surface area contributed by atoms with Gasteiger partial charge in [-0.2, -0.15) is 0 Å². The first-order valence-corrected chi connectivity index (χ1v) is 7.76. The number of carbonyl (C=O) groups excluding carboxylic acids is 1. The summed E-state index contributed by atoms with van der Waals surface area (Å²) < 4.78 is 0. The lowest BCUT2D eigenvalue weighted by Crippen LogP contribution is -2.33. The number of hydrogen-bond donors (Lipinski definition) is 1. The maximum absolute atomic E-state index is 11.9. The molecule has 0 spiro atoms. The molecule has 0 aliphatic carbocycles. The molecule has 0 bridgehead atoms. The summed E-state index contributed by atoms with van der Waals surface area (Å²) in [6, 6.07) is 7.85. The van der Waals surface area contributed by atoms with E-state index >= 15 is 0 Å². The van der Waals surface area contributed by atoms with E-state index in [0.717, 1.165) is 12.0 Å². The quantitative estimate of drug-likeness (QED) is 0.663. The third kappa shape index (κ3) is 5.13. The molecule has 4 heteroatoms. The minimum absolute atomic E-state index is 0.00157. The number of halogens is 1. The zero-order valence-electron chi connectivity index (χ0n) is 10.4. The predicted molar refractivity (Wildman–Crippen MR) is 78.2 cm³/mol. The molecule has 2 unspecified atom stereocenters. The van der Waals surface area contributed by atoms with Crippen LogP contribution in [0, 0.1) is 0 Å². The number of carbonyl (C=O) groups is 1. The molecular weight excluding hydrogens is 298 g/mol. The van der Waals surface area contributed by atoms with E-state index in [-0.39, 0.29) is 11.9 Å². The summed E-state index contributed by atoms with van der Waals surface area (Å²) in [5, 5.41) is 2.99. The summed E-state index contributed by atoms with van der Waals surface area (Å²) in [6.45, 7) is 4.10. The Hall–Kier alpha value is -0.480. The lowest BCUT2D eigenvalue weighted by molar-refractivity contribution is 0.0938. The van der Waals surface area contributed by atoms with Gasteiger partial charge in [-0.05, 0) is 43.9 Å². The number of rotatable bonds is 5. The summed E-state index contributed by atoms with van der Waals surface area (Å²) in [5.41, 5.74) is 0.719. The van der Waals surface area contributed by atoms with Gasteiger partial charge in [0.1, 0.15) is 0 Å². The van der Waals surface area contributed by atoms with E-state index in [0.29, 0.717) is 4.83 Å². The summed E-state index contributed by atoms with van der Waals surface area (Å²) in [5.74, 6) is -0.00157. The van der Waals surface area contributed by atoms with Crippen LogP contribution in [0.15, 0.2) is 29.2 Å². The van der Waals surface area contributed by atoms with Crippen LogP contribution >= 0.6 is 27.7 Å². The van der Waals surface area contributed by atoms with Gasteiger partial charge in [0.05, 0.1) is 0 Å². The van der Waals surface area contributed by atoms with Crippen LogP contribution in [0.4, 0.5) is 0 Å². The molecule has 0 radical (unpaired) electrons. The van der Waals surface area contributed by atoms with Crippen LogP contribution in [0.3, 0.4) is 0 Å². The molecular formula is C13H18BrNOS. The Labute approximate surface area is 116 Å². The molecule has 1 aromatic rings. The van der Waals surface area contributed by atoms with Crippen LogP contribution in [0.5, 0.6) is 0 Å². The standard InChI is InChI=1S/C13H18BrNOS/c1-9(14)8-10(2)15-13(16)11-4-6-12(17-3)7-5-11/h4-7,9-10H,8H2,1-3H3,(H,15,16). The van der Waals surface area contributed by atoms with Gasteiger partial charge in [-0.1, -0.05) is 22.9 Å². The third-order valence-electron chi connectivity index (χ3n) is 2.41. The number of benzene rings is 1. The molecule has 17 heavy (non-hydrogen) atoms. The highest BCUT2D eigenvalue weighted by Gasteiger charge is 2.11. The van der Waals surface area contributed by atoms with E-state index < -0.39 is 0 Å². The van der Waals surface area contributed by atoms with Crippen molar-refractivity contribution in [2.75, 3.05) is 6.26 Å². The Bertz CT molecular complexity index is 364. The van der Waals surface area contributed by atoms with E-state index in [9.17, 15) is 4.79 Å². The average Bonchev–Trinajstić information content (AvgIpc) is 2.28. The highest BCUT2D eigenvalue weighted by atomic mass is 79.9. The van der Waals surface area contributed by atoms with Gasteiger partial charge in [-0.25, -0.2) is 0 Å². The van der Waals surface area contributed by atoms with Crippen molar-refractivity contribution < 1.29 is 4.79 Å². The van der Waals surface area contributed by atoms with Crippen molar-refractivity contribution in [1.29, 1.82) is 0 Å². The second-order valence-corrected chi connectivity index (χ2v) is 6.56. The van der Waals surface area contributed by atoms with Gasteiger partial charge in [0.15, 0.2) is 0 Å². The number of amides is 1. The Balaban J connectivity index is 2.57. The molecule has 94 valence electrons. The van der Waals surface area contributed by atoms with E-state index in [4.69, 9.17) is 0 Å². The SMILES string of the molecule is CSc1ccc(C(=O)NC(C)CC(C)Br)cc1. The van der Waals surface area contributed by atoms with Gasteiger partial charge in [0, 0.05) is 21.3 Å². The lowest BCUT2D eigenvalue weighted by Gasteiger charge is -2.15. The topological polar surface area (TPSA) is 29.1 Å². The van der Waals surface area contributed by atoms with E-state index in [1.807, 2.05) is 37.4 Å². The molecule has 1 amide bonds. The van der Waals surface area contributed by atoms with Crippen LogP contribution in [0.25, 0.3) is 0 Å². The molecule has 0 saturated carbocycles. The first-order valence-electron chi connectivity index (χ1n) is 5.62. The maximum Gasteiger partial charge on any atom is 0.251 e. The summed E-state index contributed by atoms with van der Waals surface area (Å²) >= 11 is 5.16. The Morgan fingerprint density at radius 3 is 2.41 bits per heavy atom. The van der Waals surface area contributed by atoms with E-state index in [1.165, 1.54) is 4.90 Å².